The number of hydrogen-bond donors (Lipinski definition) is 1. The summed E-state index contributed by atoms with van der Waals surface area (Å²) in [5.41, 5.74) is 6.21. The van der Waals surface area contributed by atoms with E-state index in [4.69, 9.17) is 5.73 Å². The van der Waals surface area contributed by atoms with Gasteiger partial charge in [0.1, 0.15) is 0 Å². The molecule has 3 heteroatoms. The van der Waals surface area contributed by atoms with Gasteiger partial charge in [-0.25, -0.2) is 0 Å². The van der Waals surface area contributed by atoms with Crippen molar-refractivity contribution in [1.29, 1.82) is 0 Å². The van der Waals surface area contributed by atoms with Crippen molar-refractivity contribution in [3.63, 3.8) is 0 Å². The van der Waals surface area contributed by atoms with Gasteiger partial charge in [-0.2, -0.15) is 11.8 Å². The van der Waals surface area contributed by atoms with E-state index in [9.17, 15) is 0 Å². The van der Waals surface area contributed by atoms with Crippen molar-refractivity contribution in [3.8, 4) is 0 Å². The zero-order valence-electron chi connectivity index (χ0n) is 6.88. The third-order valence-corrected chi connectivity index (χ3v) is 4.38. The van der Waals surface area contributed by atoms with Crippen LogP contribution in [0.5, 0.6) is 0 Å². The summed E-state index contributed by atoms with van der Waals surface area (Å²) < 4.78 is 0. The molecule has 0 radical (unpaired) electrons. The van der Waals surface area contributed by atoms with Crippen LogP contribution in [0, 0.1) is 0 Å². The van der Waals surface area contributed by atoms with Gasteiger partial charge in [0.2, 0.25) is 0 Å². The summed E-state index contributed by atoms with van der Waals surface area (Å²) in [4.78, 5) is 2.60. The standard InChI is InChI=1S/C8H16N2S/c9-5-8(6-11-7-8)10-3-1-2-4-10/h1-7,9H2. The fourth-order valence-electron chi connectivity index (χ4n) is 1.96. The highest BCUT2D eigenvalue weighted by atomic mass is 32.2. The molecule has 2 aliphatic rings. The second-order valence-corrected chi connectivity index (χ2v) is 4.60. The highest BCUT2D eigenvalue weighted by Crippen LogP contribution is 2.36. The molecule has 64 valence electrons. The maximum absolute atomic E-state index is 5.79. The number of rotatable bonds is 2. The van der Waals surface area contributed by atoms with Crippen LogP contribution in [0.1, 0.15) is 12.8 Å². The van der Waals surface area contributed by atoms with Crippen LogP contribution in [0.4, 0.5) is 0 Å². The van der Waals surface area contributed by atoms with Crippen LogP contribution < -0.4 is 5.73 Å². The van der Waals surface area contributed by atoms with Crippen molar-refractivity contribution in [1.82, 2.24) is 4.90 Å². The van der Waals surface area contributed by atoms with Crippen LogP contribution in [0.3, 0.4) is 0 Å². The Morgan fingerprint density at radius 3 is 2.27 bits per heavy atom. The summed E-state index contributed by atoms with van der Waals surface area (Å²) >= 11 is 2.03. The number of likely N-dealkylation sites (tertiary alicyclic amines) is 1. The Labute approximate surface area is 72.5 Å². The van der Waals surface area contributed by atoms with Crippen LogP contribution in [-0.2, 0) is 0 Å². The van der Waals surface area contributed by atoms with Gasteiger partial charge in [0.25, 0.3) is 0 Å². The first kappa shape index (κ1) is 7.90. The first-order valence-corrected chi connectivity index (χ1v) is 5.56. The Morgan fingerprint density at radius 2 is 1.91 bits per heavy atom. The molecule has 2 rings (SSSR count). The highest BCUT2D eigenvalue weighted by Gasteiger charge is 2.42. The predicted molar refractivity (Wildman–Crippen MR) is 49.9 cm³/mol. The second-order valence-electron chi connectivity index (χ2n) is 3.62. The quantitative estimate of drug-likeness (QED) is 0.659. The Hall–Kier alpha value is 0.270. The van der Waals surface area contributed by atoms with Crippen molar-refractivity contribution in [3.05, 3.63) is 0 Å². The first-order valence-electron chi connectivity index (χ1n) is 4.40. The first-order chi connectivity index (χ1) is 5.37. The fourth-order valence-corrected chi connectivity index (χ4v) is 3.23. The zero-order chi connectivity index (χ0) is 7.73. The molecule has 2 fully saturated rings. The molecule has 0 aromatic heterocycles. The van der Waals surface area contributed by atoms with Crippen molar-refractivity contribution in [2.75, 3.05) is 31.1 Å². The van der Waals surface area contributed by atoms with Crippen molar-refractivity contribution >= 4 is 11.8 Å². The lowest BCUT2D eigenvalue weighted by Crippen LogP contribution is -2.61. The van der Waals surface area contributed by atoms with Gasteiger partial charge in [-0.1, -0.05) is 0 Å². The van der Waals surface area contributed by atoms with Gasteiger partial charge in [-0.3, -0.25) is 4.90 Å². The van der Waals surface area contributed by atoms with E-state index in [0.717, 1.165) is 6.54 Å². The summed E-state index contributed by atoms with van der Waals surface area (Å²) in [6.07, 6.45) is 2.76. The van der Waals surface area contributed by atoms with Gasteiger partial charge in [0.05, 0.1) is 5.54 Å². The van der Waals surface area contributed by atoms with Gasteiger partial charge < -0.3 is 5.73 Å². The summed E-state index contributed by atoms with van der Waals surface area (Å²) in [6.45, 7) is 3.44. The van der Waals surface area contributed by atoms with E-state index in [1.54, 1.807) is 0 Å². The third-order valence-electron chi connectivity index (χ3n) is 2.90. The molecule has 0 unspecified atom stereocenters. The minimum atomic E-state index is 0.418. The van der Waals surface area contributed by atoms with Crippen LogP contribution >= 0.6 is 11.8 Å². The number of hydrogen-bond acceptors (Lipinski definition) is 3. The second kappa shape index (κ2) is 2.96. The average Bonchev–Trinajstić information content (AvgIpc) is 2.39. The van der Waals surface area contributed by atoms with Gasteiger partial charge in [0.15, 0.2) is 0 Å². The lowest BCUT2D eigenvalue weighted by Gasteiger charge is -2.47. The fraction of sp³-hybridized carbons (Fsp3) is 1.00. The normalized spacial score (nSPS) is 30.3. The van der Waals surface area contributed by atoms with Crippen LogP contribution in [-0.4, -0.2) is 41.6 Å². The molecule has 0 saturated carbocycles. The molecule has 2 saturated heterocycles. The zero-order valence-corrected chi connectivity index (χ0v) is 7.70. The van der Waals surface area contributed by atoms with E-state index < -0.39 is 0 Å². The van der Waals surface area contributed by atoms with E-state index in [2.05, 4.69) is 4.90 Å². The minimum Gasteiger partial charge on any atom is -0.329 e. The van der Waals surface area contributed by atoms with Crippen molar-refractivity contribution in [2.45, 2.75) is 18.4 Å². The molecule has 0 bridgehead atoms. The molecule has 2 N–H and O–H groups in total. The maximum atomic E-state index is 5.79. The molecule has 2 nitrogen and oxygen atoms in total. The topological polar surface area (TPSA) is 29.3 Å². The lowest BCUT2D eigenvalue weighted by atomic mass is 10.0. The molecule has 11 heavy (non-hydrogen) atoms. The monoisotopic (exact) mass is 172 g/mol. The molecule has 0 aromatic rings. The molecule has 0 aromatic carbocycles. The van der Waals surface area contributed by atoms with Gasteiger partial charge in [-0.05, 0) is 25.9 Å². The van der Waals surface area contributed by atoms with E-state index in [0.29, 0.717) is 5.54 Å². The molecular weight excluding hydrogens is 156 g/mol. The van der Waals surface area contributed by atoms with Crippen LogP contribution in [0.2, 0.25) is 0 Å². The summed E-state index contributed by atoms with van der Waals surface area (Å²) in [5, 5.41) is 0. The maximum Gasteiger partial charge on any atom is 0.0511 e. The van der Waals surface area contributed by atoms with Gasteiger partial charge >= 0.3 is 0 Å². The van der Waals surface area contributed by atoms with Crippen LogP contribution in [0.25, 0.3) is 0 Å². The Bertz CT molecular complexity index is 134. The molecule has 0 atom stereocenters. The molecular formula is C8H16N2S. The Kier molecular flexibility index (Phi) is 2.12. The molecule has 2 aliphatic heterocycles. The summed E-state index contributed by atoms with van der Waals surface area (Å²) in [7, 11) is 0. The SMILES string of the molecule is NCC1(N2CCCC2)CSC1. The molecule has 0 spiro atoms. The number of nitrogens with two attached hydrogens (primary N) is 1. The Morgan fingerprint density at radius 1 is 1.27 bits per heavy atom. The summed E-state index contributed by atoms with van der Waals surface area (Å²) in [6, 6.07) is 0. The van der Waals surface area contributed by atoms with E-state index in [1.165, 1.54) is 37.4 Å². The van der Waals surface area contributed by atoms with E-state index in [-0.39, 0.29) is 0 Å². The predicted octanol–water partition coefficient (Wildman–Crippen LogP) is 0.526. The molecule has 2 heterocycles. The third kappa shape index (κ3) is 1.19. The van der Waals surface area contributed by atoms with Crippen molar-refractivity contribution in [2.24, 2.45) is 5.73 Å². The highest BCUT2D eigenvalue weighted by molar-refractivity contribution is 8.00. The van der Waals surface area contributed by atoms with Crippen molar-refractivity contribution < 1.29 is 0 Å². The Balaban J connectivity index is 1.99. The lowest BCUT2D eigenvalue weighted by molar-refractivity contribution is 0.161. The number of thioether (sulfide) groups is 1. The van der Waals surface area contributed by atoms with Crippen LogP contribution in [0.15, 0.2) is 0 Å². The smallest absolute Gasteiger partial charge is 0.0511 e. The average molecular weight is 172 g/mol. The largest absolute Gasteiger partial charge is 0.329 e. The summed E-state index contributed by atoms with van der Waals surface area (Å²) in [5.74, 6) is 2.53. The van der Waals surface area contributed by atoms with E-state index >= 15 is 0 Å². The molecule has 0 aliphatic carbocycles. The van der Waals surface area contributed by atoms with E-state index in [1.807, 2.05) is 11.8 Å². The minimum absolute atomic E-state index is 0.418. The molecule has 0 amide bonds. The van der Waals surface area contributed by atoms with Gasteiger partial charge in [0, 0.05) is 18.1 Å². The van der Waals surface area contributed by atoms with Gasteiger partial charge in [-0.15, -0.1) is 0 Å². The number of nitrogens with zero attached hydrogens (tertiary/aromatic N) is 1.